The molecule has 0 heterocycles. The van der Waals surface area contributed by atoms with Crippen molar-refractivity contribution in [2.75, 3.05) is 0 Å². The molecule has 1 fully saturated rings. The van der Waals surface area contributed by atoms with Crippen molar-refractivity contribution in [2.45, 2.75) is 32.6 Å². The van der Waals surface area contributed by atoms with Gasteiger partial charge < -0.3 is 0 Å². The Balaban J connectivity index is 2.02. The van der Waals surface area contributed by atoms with E-state index in [1.165, 1.54) is 0 Å². The summed E-state index contributed by atoms with van der Waals surface area (Å²) in [7, 11) is 0. The van der Waals surface area contributed by atoms with Crippen molar-refractivity contribution in [3.8, 4) is 11.1 Å². The Morgan fingerprint density at radius 1 is 0.913 bits per heavy atom. The summed E-state index contributed by atoms with van der Waals surface area (Å²) in [6, 6.07) is 13.6. The van der Waals surface area contributed by atoms with E-state index in [-0.39, 0.29) is 17.5 Å². The van der Waals surface area contributed by atoms with Crippen LogP contribution in [0.5, 0.6) is 0 Å². The van der Waals surface area contributed by atoms with E-state index < -0.39 is 5.92 Å². The molecule has 0 unspecified atom stereocenters. The molecule has 1 saturated carbocycles. The minimum Gasteiger partial charge on any atom is -0.299 e. The monoisotopic (exact) mass is 326 g/mol. The molecule has 3 rings (SSSR count). The molecule has 1 aliphatic carbocycles. The van der Waals surface area contributed by atoms with Crippen LogP contribution in [-0.4, -0.2) is 11.6 Å². The zero-order chi connectivity index (χ0) is 16.6. The number of ketones is 2. The summed E-state index contributed by atoms with van der Waals surface area (Å²) >= 11 is 5.94. The first-order chi connectivity index (χ1) is 11.0. The van der Waals surface area contributed by atoms with E-state index in [4.69, 9.17) is 11.6 Å². The second-order valence-electron chi connectivity index (χ2n) is 6.46. The highest BCUT2D eigenvalue weighted by molar-refractivity contribution is 6.30. The van der Waals surface area contributed by atoms with Gasteiger partial charge in [0.2, 0.25) is 0 Å². The van der Waals surface area contributed by atoms with Crippen LogP contribution in [0.4, 0.5) is 0 Å². The van der Waals surface area contributed by atoms with Crippen LogP contribution in [0.3, 0.4) is 0 Å². The third-order valence-corrected chi connectivity index (χ3v) is 4.76. The average molecular weight is 327 g/mol. The topological polar surface area (TPSA) is 34.1 Å². The van der Waals surface area contributed by atoms with Crippen molar-refractivity contribution in [1.82, 2.24) is 0 Å². The highest BCUT2D eigenvalue weighted by Crippen LogP contribution is 2.34. The first-order valence-electron chi connectivity index (χ1n) is 7.87. The molecule has 0 spiro atoms. The lowest BCUT2D eigenvalue weighted by molar-refractivity contribution is -0.133. The molecule has 23 heavy (non-hydrogen) atoms. The molecular weight excluding hydrogens is 308 g/mol. The highest BCUT2D eigenvalue weighted by atomic mass is 35.5. The van der Waals surface area contributed by atoms with Gasteiger partial charge >= 0.3 is 0 Å². The first kappa shape index (κ1) is 15.9. The van der Waals surface area contributed by atoms with E-state index in [1.807, 2.05) is 56.3 Å². The predicted molar refractivity (Wildman–Crippen MR) is 92.8 cm³/mol. The van der Waals surface area contributed by atoms with E-state index in [9.17, 15) is 9.59 Å². The van der Waals surface area contributed by atoms with Crippen molar-refractivity contribution in [3.05, 3.63) is 58.6 Å². The molecule has 2 aromatic rings. The van der Waals surface area contributed by atoms with Gasteiger partial charge in [0.1, 0.15) is 17.5 Å². The van der Waals surface area contributed by atoms with Crippen LogP contribution in [0.25, 0.3) is 11.1 Å². The lowest BCUT2D eigenvalue weighted by Crippen LogP contribution is -2.31. The van der Waals surface area contributed by atoms with Crippen LogP contribution in [-0.2, 0) is 9.59 Å². The predicted octanol–water partition coefficient (Wildman–Crippen LogP) is 4.97. The number of hydrogen-bond donors (Lipinski definition) is 0. The summed E-state index contributed by atoms with van der Waals surface area (Å²) in [5.74, 6) is -0.348. The zero-order valence-corrected chi connectivity index (χ0v) is 14.1. The van der Waals surface area contributed by atoms with Gasteiger partial charge in [0, 0.05) is 17.9 Å². The van der Waals surface area contributed by atoms with Gasteiger partial charge in [0.15, 0.2) is 0 Å². The zero-order valence-electron chi connectivity index (χ0n) is 13.3. The van der Waals surface area contributed by atoms with Gasteiger partial charge in [0.05, 0.1) is 0 Å². The maximum atomic E-state index is 12.4. The van der Waals surface area contributed by atoms with Gasteiger partial charge in [0.25, 0.3) is 0 Å². The largest absolute Gasteiger partial charge is 0.299 e. The maximum absolute atomic E-state index is 12.4. The van der Waals surface area contributed by atoms with Gasteiger partial charge in [-0.3, -0.25) is 9.59 Å². The average Bonchev–Trinajstić information content (AvgIpc) is 2.49. The summed E-state index contributed by atoms with van der Waals surface area (Å²) in [5.41, 5.74) is 3.87. The van der Waals surface area contributed by atoms with Crippen LogP contribution in [0.15, 0.2) is 42.5 Å². The van der Waals surface area contributed by atoms with E-state index in [1.54, 1.807) is 0 Å². The molecular formula is C20H19ClO2. The van der Waals surface area contributed by atoms with E-state index in [0.29, 0.717) is 17.9 Å². The van der Waals surface area contributed by atoms with Gasteiger partial charge in [-0.05, 0) is 53.3 Å². The SMILES string of the molecule is Cc1ccc(-c2ccc(Cl)cc2)cc1C1C(=O)CC(C)CC1=O. The normalized spacial score (nSPS) is 21.5. The second-order valence-corrected chi connectivity index (χ2v) is 6.89. The minimum absolute atomic E-state index is 0.0464. The maximum Gasteiger partial charge on any atom is 0.148 e. The third kappa shape index (κ3) is 3.23. The Morgan fingerprint density at radius 3 is 2.09 bits per heavy atom. The van der Waals surface area contributed by atoms with Crippen molar-refractivity contribution in [1.29, 1.82) is 0 Å². The molecule has 2 aromatic carbocycles. The molecule has 0 saturated heterocycles. The lowest BCUT2D eigenvalue weighted by atomic mass is 9.76. The fourth-order valence-corrected chi connectivity index (χ4v) is 3.42. The quantitative estimate of drug-likeness (QED) is 0.730. The number of hydrogen-bond acceptors (Lipinski definition) is 2. The van der Waals surface area contributed by atoms with Crippen LogP contribution < -0.4 is 0 Å². The standard InChI is InChI=1S/C20H19ClO2/c1-12-9-18(22)20(19(23)10-12)17-11-15(4-3-13(17)2)14-5-7-16(21)8-6-14/h3-8,11-12,20H,9-10H2,1-2H3. The first-order valence-corrected chi connectivity index (χ1v) is 8.25. The summed E-state index contributed by atoms with van der Waals surface area (Å²) in [6.07, 6.45) is 0.974. The summed E-state index contributed by atoms with van der Waals surface area (Å²) in [6.45, 7) is 3.92. The number of carbonyl (C=O) groups is 2. The molecule has 2 nitrogen and oxygen atoms in total. The number of rotatable bonds is 2. The van der Waals surface area contributed by atoms with E-state index in [2.05, 4.69) is 0 Å². The molecule has 3 heteroatoms. The molecule has 0 N–H and O–H groups in total. The smallest absolute Gasteiger partial charge is 0.148 e. The molecule has 0 aromatic heterocycles. The van der Waals surface area contributed by atoms with Crippen LogP contribution in [0.2, 0.25) is 5.02 Å². The van der Waals surface area contributed by atoms with Crippen molar-refractivity contribution < 1.29 is 9.59 Å². The molecule has 0 aliphatic heterocycles. The number of Topliss-reactive ketones (excluding diaryl/α,β-unsaturated/α-hetero) is 2. The highest BCUT2D eigenvalue weighted by Gasteiger charge is 2.35. The van der Waals surface area contributed by atoms with Crippen LogP contribution in [0, 0.1) is 12.8 Å². The number of halogens is 1. The van der Waals surface area contributed by atoms with Gasteiger partial charge in [-0.15, -0.1) is 0 Å². The van der Waals surface area contributed by atoms with Crippen molar-refractivity contribution in [2.24, 2.45) is 5.92 Å². The number of carbonyl (C=O) groups excluding carboxylic acids is 2. The second kappa shape index (κ2) is 6.29. The summed E-state index contributed by atoms with van der Waals surface area (Å²) in [5, 5.41) is 0.688. The van der Waals surface area contributed by atoms with Gasteiger partial charge in [-0.2, -0.15) is 0 Å². The molecule has 0 radical (unpaired) electrons. The Morgan fingerprint density at radius 2 is 1.48 bits per heavy atom. The van der Waals surface area contributed by atoms with Gasteiger partial charge in [-0.25, -0.2) is 0 Å². The summed E-state index contributed by atoms with van der Waals surface area (Å²) < 4.78 is 0. The Labute approximate surface area is 141 Å². The molecule has 1 aliphatic rings. The minimum atomic E-state index is -0.599. The molecule has 0 atom stereocenters. The fraction of sp³-hybridized carbons (Fsp3) is 0.300. The lowest BCUT2D eigenvalue weighted by Gasteiger charge is -2.25. The van der Waals surface area contributed by atoms with Crippen LogP contribution >= 0.6 is 11.6 Å². The van der Waals surface area contributed by atoms with Crippen molar-refractivity contribution >= 4 is 23.2 Å². The Hall–Kier alpha value is -1.93. The summed E-state index contributed by atoms with van der Waals surface area (Å²) in [4.78, 5) is 24.8. The Bertz CT molecular complexity index is 744. The van der Waals surface area contributed by atoms with Crippen LogP contribution in [0.1, 0.15) is 36.8 Å². The number of aryl methyl sites for hydroxylation is 1. The third-order valence-electron chi connectivity index (χ3n) is 4.51. The molecule has 0 amide bonds. The molecule has 0 bridgehead atoms. The Kier molecular flexibility index (Phi) is 4.36. The number of benzene rings is 2. The fourth-order valence-electron chi connectivity index (χ4n) is 3.29. The van der Waals surface area contributed by atoms with E-state index in [0.717, 1.165) is 22.3 Å². The van der Waals surface area contributed by atoms with Crippen molar-refractivity contribution in [3.63, 3.8) is 0 Å². The van der Waals surface area contributed by atoms with Gasteiger partial charge in [-0.1, -0.05) is 42.8 Å². The molecule has 118 valence electrons. The van der Waals surface area contributed by atoms with E-state index >= 15 is 0 Å².